The Hall–Kier alpha value is -1.72. The number of para-hydroxylation sites is 1. The summed E-state index contributed by atoms with van der Waals surface area (Å²) in [6, 6.07) is 6.89. The first kappa shape index (κ1) is 13.3. The molecule has 3 rings (SSSR count). The third-order valence-electron chi connectivity index (χ3n) is 4.07. The van der Waals surface area contributed by atoms with Crippen molar-refractivity contribution in [1.29, 1.82) is 0 Å². The van der Waals surface area contributed by atoms with Gasteiger partial charge in [-0.05, 0) is 19.9 Å². The molecule has 0 bridgehead atoms. The molecule has 5 heteroatoms. The van der Waals surface area contributed by atoms with E-state index in [0.29, 0.717) is 11.3 Å². The van der Waals surface area contributed by atoms with Crippen molar-refractivity contribution in [3.8, 4) is 0 Å². The molecule has 1 aromatic carbocycles. The topological polar surface area (TPSA) is 75.6 Å². The van der Waals surface area contributed by atoms with Crippen molar-refractivity contribution in [2.24, 2.45) is 5.92 Å². The minimum atomic E-state index is -1.83. The zero-order valence-electron chi connectivity index (χ0n) is 11.5. The maximum absolute atomic E-state index is 12.3. The quantitative estimate of drug-likeness (QED) is 0.807. The summed E-state index contributed by atoms with van der Waals surface area (Å²) in [5.41, 5.74) is -1.37. The molecule has 1 amide bonds. The molecule has 2 aliphatic rings. The summed E-state index contributed by atoms with van der Waals surface area (Å²) in [5, 5.41) is 13.5. The van der Waals surface area contributed by atoms with Gasteiger partial charge in [0.2, 0.25) is 0 Å². The molecule has 0 radical (unpaired) electrons. The second-order valence-corrected chi connectivity index (χ2v) is 6.03. The molecule has 0 aromatic heterocycles. The van der Waals surface area contributed by atoms with Gasteiger partial charge in [-0.2, -0.15) is 0 Å². The lowest BCUT2D eigenvalue weighted by Gasteiger charge is -2.38. The molecular formula is C15H17NO4. The van der Waals surface area contributed by atoms with E-state index in [2.05, 4.69) is 5.32 Å². The summed E-state index contributed by atoms with van der Waals surface area (Å²) in [5.74, 6) is -1.56. The highest BCUT2D eigenvalue weighted by molar-refractivity contribution is 6.08. The van der Waals surface area contributed by atoms with E-state index < -0.39 is 23.0 Å². The highest BCUT2D eigenvalue weighted by Gasteiger charge is 2.55. The van der Waals surface area contributed by atoms with Gasteiger partial charge in [0.05, 0.1) is 18.1 Å². The van der Waals surface area contributed by atoms with Crippen LogP contribution in [0.3, 0.4) is 0 Å². The van der Waals surface area contributed by atoms with Gasteiger partial charge in [0, 0.05) is 17.7 Å². The maximum Gasteiger partial charge on any atom is 0.261 e. The van der Waals surface area contributed by atoms with Crippen molar-refractivity contribution in [2.45, 2.75) is 31.5 Å². The lowest BCUT2D eigenvalue weighted by atomic mass is 9.76. The van der Waals surface area contributed by atoms with E-state index in [1.165, 1.54) is 0 Å². The molecule has 0 unspecified atom stereocenters. The van der Waals surface area contributed by atoms with Gasteiger partial charge >= 0.3 is 0 Å². The Morgan fingerprint density at radius 1 is 1.30 bits per heavy atom. The molecule has 2 heterocycles. The number of ether oxygens (including phenoxy) is 1. The Balaban J connectivity index is 2.01. The number of anilines is 1. The number of fused-ring (bicyclic) bond motifs is 1. The average Bonchev–Trinajstić information content (AvgIpc) is 2.61. The molecule has 2 aliphatic heterocycles. The van der Waals surface area contributed by atoms with E-state index in [-0.39, 0.29) is 18.8 Å². The molecule has 2 N–H and O–H groups in total. The number of ketones is 1. The number of hydrogen-bond donors (Lipinski definition) is 2. The van der Waals surface area contributed by atoms with Crippen LogP contribution >= 0.6 is 0 Å². The molecule has 0 spiro atoms. The van der Waals surface area contributed by atoms with Gasteiger partial charge in [0.15, 0.2) is 5.60 Å². The summed E-state index contributed by atoms with van der Waals surface area (Å²) in [6.45, 7) is 3.70. The largest absolute Gasteiger partial charge is 0.375 e. The van der Waals surface area contributed by atoms with Crippen LogP contribution in [0.4, 0.5) is 5.69 Å². The van der Waals surface area contributed by atoms with Crippen LogP contribution in [0.2, 0.25) is 0 Å². The third kappa shape index (κ3) is 1.77. The minimum absolute atomic E-state index is 0.0457. The molecular weight excluding hydrogens is 258 g/mol. The highest BCUT2D eigenvalue weighted by Crippen LogP contribution is 2.44. The van der Waals surface area contributed by atoms with E-state index in [1.54, 1.807) is 24.3 Å². The van der Waals surface area contributed by atoms with Crippen molar-refractivity contribution >= 4 is 17.4 Å². The first-order chi connectivity index (χ1) is 9.34. The second-order valence-electron chi connectivity index (χ2n) is 6.03. The summed E-state index contributed by atoms with van der Waals surface area (Å²) < 4.78 is 5.63. The first-order valence-electron chi connectivity index (χ1n) is 6.64. The number of carbonyl (C=O) groups is 2. The van der Waals surface area contributed by atoms with Crippen LogP contribution in [-0.4, -0.2) is 29.0 Å². The van der Waals surface area contributed by atoms with Gasteiger partial charge in [-0.25, -0.2) is 0 Å². The monoisotopic (exact) mass is 275 g/mol. The molecule has 2 atom stereocenters. The van der Waals surface area contributed by atoms with E-state index in [4.69, 9.17) is 4.74 Å². The fourth-order valence-corrected chi connectivity index (χ4v) is 2.96. The van der Waals surface area contributed by atoms with Crippen molar-refractivity contribution in [1.82, 2.24) is 0 Å². The summed E-state index contributed by atoms with van der Waals surface area (Å²) in [7, 11) is 0. The fraction of sp³-hybridized carbons (Fsp3) is 0.467. The molecule has 1 aromatic rings. The number of rotatable bonds is 1. The maximum atomic E-state index is 12.3. The van der Waals surface area contributed by atoms with Crippen LogP contribution in [0, 0.1) is 5.92 Å². The smallest absolute Gasteiger partial charge is 0.261 e. The molecule has 5 nitrogen and oxygen atoms in total. The van der Waals surface area contributed by atoms with E-state index >= 15 is 0 Å². The molecule has 1 saturated heterocycles. The van der Waals surface area contributed by atoms with Crippen LogP contribution in [0.5, 0.6) is 0 Å². The van der Waals surface area contributed by atoms with E-state index in [9.17, 15) is 14.7 Å². The summed E-state index contributed by atoms with van der Waals surface area (Å²) >= 11 is 0. The third-order valence-corrected chi connectivity index (χ3v) is 4.07. The van der Waals surface area contributed by atoms with Crippen molar-refractivity contribution in [3.63, 3.8) is 0 Å². The number of carbonyl (C=O) groups excluding carboxylic acids is 2. The van der Waals surface area contributed by atoms with Gasteiger partial charge in [0.1, 0.15) is 5.78 Å². The highest BCUT2D eigenvalue weighted by atomic mass is 16.5. The Kier molecular flexibility index (Phi) is 2.74. The van der Waals surface area contributed by atoms with Gasteiger partial charge < -0.3 is 15.2 Å². The first-order valence-corrected chi connectivity index (χ1v) is 6.64. The normalized spacial score (nSPS) is 31.9. The van der Waals surface area contributed by atoms with Crippen LogP contribution in [0.25, 0.3) is 0 Å². The second kappa shape index (κ2) is 4.14. The standard InChI is InChI=1S/C15H17NO4/c1-14(2)7-12(17)10(8-20-14)15(19)9-5-3-4-6-11(9)16-13(15)18/h3-6,10,19H,7-8H2,1-2H3,(H,16,18)/t10-,15+/m1/s1. The predicted octanol–water partition coefficient (Wildman–Crippen LogP) is 1.21. The summed E-state index contributed by atoms with van der Waals surface area (Å²) in [4.78, 5) is 24.5. The zero-order valence-corrected chi connectivity index (χ0v) is 11.5. The number of Topliss-reactive ketones (excluding diaryl/α,β-unsaturated/α-hetero) is 1. The van der Waals surface area contributed by atoms with Crippen molar-refractivity contribution in [2.75, 3.05) is 11.9 Å². The average molecular weight is 275 g/mol. The number of benzene rings is 1. The van der Waals surface area contributed by atoms with Crippen LogP contribution in [0.1, 0.15) is 25.8 Å². The van der Waals surface area contributed by atoms with Crippen LogP contribution in [0.15, 0.2) is 24.3 Å². The molecule has 106 valence electrons. The fourth-order valence-electron chi connectivity index (χ4n) is 2.96. The summed E-state index contributed by atoms with van der Waals surface area (Å²) in [6.07, 6.45) is 0.190. The van der Waals surface area contributed by atoms with Crippen LogP contribution in [-0.2, 0) is 19.9 Å². The Morgan fingerprint density at radius 3 is 2.70 bits per heavy atom. The number of nitrogens with one attached hydrogen (secondary N) is 1. The van der Waals surface area contributed by atoms with Gasteiger partial charge in [-0.15, -0.1) is 0 Å². The van der Waals surface area contributed by atoms with Gasteiger partial charge in [0.25, 0.3) is 5.91 Å². The zero-order chi connectivity index (χ0) is 14.5. The van der Waals surface area contributed by atoms with Crippen molar-refractivity contribution < 1.29 is 19.4 Å². The number of aliphatic hydroxyl groups is 1. The molecule has 0 saturated carbocycles. The molecule has 1 fully saturated rings. The van der Waals surface area contributed by atoms with Gasteiger partial charge in [-0.1, -0.05) is 18.2 Å². The Morgan fingerprint density at radius 2 is 2.00 bits per heavy atom. The van der Waals surface area contributed by atoms with E-state index in [0.717, 1.165) is 0 Å². The Bertz CT molecular complexity index is 595. The van der Waals surface area contributed by atoms with Crippen LogP contribution < -0.4 is 5.32 Å². The SMILES string of the molecule is CC1(C)CC(=O)[C@H]([C@]2(O)C(=O)Nc3ccccc32)CO1. The lowest BCUT2D eigenvalue weighted by molar-refractivity contribution is -0.171. The predicted molar refractivity (Wildman–Crippen MR) is 72.1 cm³/mol. The molecule has 20 heavy (non-hydrogen) atoms. The van der Waals surface area contributed by atoms with Gasteiger partial charge in [-0.3, -0.25) is 9.59 Å². The van der Waals surface area contributed by atoms with Crippen molar-refractivity contribution in [3.05, 3.63) is 29.8 Å². The lowest BCUT2D eigenvalue weighted by Crippen LogP contribution is -2.52. The number of amides is 1. The van der Waals surface area contributed by atoms with E-state index in [1.807, 2.05) is 13.8 Å². The number of hydrogen-bond acceptors (Lipinski definition) is 4. The Labute approximate surface area is 116 Å². The minimum Gasteiger partial charge on any atom is -0.375 e. The molecule has 0 aliphatic carbocycles.